The normalized spacial score (nSPS) is 12.5. The molecule has 13 heteroatoms. The molecular formula is C46H76N2O10S. The summed E-state index contributed by atoms with van der Waals surface area (Å²) < 4.78 is 22.1. The van der Waals surface area contributed by atoms with Gasteiger partial charge in [-0.05, 0) is 85.1 Å². The second-order valence-corrected chi connectivity index (χ2v) is 18.3. The van der Waals surface area contributed by atoms with Gasteiger partial charge in [0.05, 0.1) is 0 Å². The van der Waals surface area contributed by atoms with Crippen molar-refractivity contribution < 1.29 is 47.7 Å². The van der Waals surface area contributed by atoms with Crippen LogP contribution < -0.4 is 10.6 Å². The third-order valence-corrected chi connectivity index (χ3v) is 10.1. The number of carbonyl (C=O) groups excluding carboxylic acids is 6. The molecule has 2 atom stereocenters. The van der Waals surface area contributed by atoms with Crippen molar-refractivity contribution in [3.63, 3.8) is 0 Å². The summed E-state index contributed by atoms with van der Waals surface area (Å²) in [6.45, 7) is 14.8. The molecule has 1 aromatic rings. The Hall–Kier alpha value is -3.61. The number of benzene rings is 1. The maximum Gasteiger partial charge on any atom is 0.329 e. The van der Waals surface area contributed by atoms with Crippen LogP contribution in [0.5, 0.6) is 0 Å². The smallest absolute Gasteiger partial charge is 0.329 e. The van der Waals surface area contributed by atoms with Crippen LogP contribution in [0.3, 0.4) is 0 Å². The van der Waals surface area contributed by atoms with Gasteiger partial charge in [0, 0.05) is 48.4 Å². The summed E-state index contributed by atoms with van der Waals surface area (Å²) >= 11 is 1.44. The third kappa shape index (κ3) is 29.3. The monoisotopic (exact) mass is 849 g/mol. The van der Waals surface area contributed by atoms with E-state index in [1.54, 1.807) is 53.7 Å². The molecule has 0 aliphatic heterocycles. The first kappa shape index (κ1) is 53.4. The van der Waals surface area contributed by atoms with Crippen LogP contribution in [0, 0.1) is 0 Å². The van der Waals surface area contributed by atoms with Gasteiger partial charge in [0.1, 0.15) is 30.0 Å². The molecule has 2 N–H and O–H groups in total. The number of carbonyl (C=O) groups is 6. The highest BCUT2D eigenvalue weighted by Gasteiger charge is 2.29. The number of hydrogen-bond donors (Lipinski definition) is 2. The maximum atomic E-state index is 13.1. The molecule has 2 amide bonds. The topological polar surface area (TPSA) is 163 Å². The lowest BCUT2D eigenvalue weighted by Crippen LogP contribution is -2.44. The first-order chi connectivity index (χ1) is 27.9. The summed E-state index contributed by atoms with van der Waals surface area (Å²) in [4.78, 5) is 76.4. The summed E-state index contributed by atoms with van der Waals surface area (Å²) in [5.74, 6) is -1.71. The van der Waals surface area contributed by atoms with Crippen molar-refractivity contribution in [1.82, 2.24) is 5.32 Å². The fourth-order valence-corrected chi connectivity index (χ4v) is 6.82. The maximum absolute atomic E-state index is 13.1. The van der Waals surface area contributed by atoms with E-state index in [2.05, 4.69) is 24.5 Å². The second-order valence-electron chi connectivity index (χ2n) is 17.2. The zero-order valence-corrected chi connectivity index (χ0v) is 38.3. The molecule has 0 saturated heterocycles. The van der Waals surface area contributed by atoms with Crippen molar-refractivity contribution in [2.45, 2.75) is 201 Å². The number of rotatable bonds is 31. The molecule has 0 spiro atoms. The van der Waals surface area contributed by atoms with Crippen LogP contribution in [0.15, 0.2) is 24.3 Å². The van der Waals surface area contributed by atoms with E-state index < -0.39 is 41.2 Å². The van der Waals surface area contributed by atoms with E-state index in [9.17, 15) is 28.8 Å². The molecule has 0 aliphatic rings. The lowest BCUT2D eigenvalue weighted by Gasteiger charge is -2.25. The van der Waals surface area contributed by atoms with E-state index in [1.165, 1.54) is 75.3 Å². The fraction of sp³-hybridized carbons (Fsp3) is 0.739. The number of thioether (sulfide) groups is 1. The van der Waals surface area contributed by atoms with Gasteiger partial charge in [0.25, 0.3) is 5.91 Å². The van der Waals surface area contributed by atoms with Crippen molar-refractivity contribution in [1.29, 1.82) is 0 Å². The summed E-state index contributed by atoms with van der Waals surface area (Å²) in [6.07, 6.45) is 15.5. The highest BCUT2D eigenvalue weighted by atomic mass is 32.2. The Kier molecular flexibility index (Phi) is 27.5. The van der Waals surface area contributed by atoms with E-state index in [4.69, 9.17) is 18.9 Å². The first-order valence-corrected chi connectivity index (χ1v) is 23.2. The average Bonchev–Trinajstić information content (AvgIpc) is 3.15. The quantitative estimate of drug-likeness (QED) is 0.0415. The summed E-state index contributed by atoms with van der Waals surface area (Å²) in [5.41, 5.74) is -0.754. The number of unbranched alkanes of at least 4 members (excludes halogenated alkanes) is 12. The van der Waals surface area contributed by atoms with Gasteiger partial charge >= 0.3 is 23.9 Å². The van der Waals surface area contributed by atoms with E-state index in [0.717, 1.165) is 38.5 Å². The molecule has 1 rings (SSSR count). The van der Waals surface area contributed by atoms with Crippen LogP contribution in [-0.4, -0.2) is 77.2 Å². The number of anilines is 1. The van der Waals surface area contributed by atoms with Crippen LogP contribution in [0.25, 0.3) is 0 Å². The van der Waals surface area contributed by atoms with Crippen LogP contribution >= 0.6 is 11.8 Å². The SMILES string of the molecule is CCCCCCCCCC(=O)OCC(CSCCC(=O)Nc1ccc(C(=O)N[C@@H](CCC(=O)OC(C)(C)C)C(=O)OC(C)(C)C)cc1)OC(=O)CCCCCCCCC. The number of nitrogens with one attached hydrogen (secondary N) is 2. The minimum atomic E-state index is -1.08. The molecule has 59 heavy (non-hydrogen) atoms. The highest BCUT2D eigenvalue weighted by molar-refractivity contribution is 7.99. The molecule has 1 unspecified atom stereocenters. The predicted molar refractivity (Wildman–Crippen MR) is 235 cm³/mol. The zero-order valence-electron chi connectivity index (χ0n) is 37.5. The molecule has 0 aliphatic carbocycles. The Morgan fingerprint density at radius 1 is 0.627 bits per heavy atom. The second kappa shape index (κ2) is 30.4. The molecule has 0 heterocycles. The Labute approximate surface area is 359 Å². The Morgan fingerprint density at radius 3 is 1.69 bits per heavy atom. The number of esters is 4. The Morgan fingerprint density at radius 2 is 1.15 bits per heavy atom. The van der Waals surface area contributed by atoms with Crippen LogP contribution in [0.2, 0.25) is 0 Å². The number of hydrogen-bond acceptors (Lipinski definition) is 11. The van der Waals surface area contributed by atoms with Gasteiger partial charge in [-0.1, -0.05) is 90.9 Å². The standard InChI is InChI=1S/C46H76N2O10S/c1-9-11-13-15-17-19-21-23-40(50)55-33-37(56-41(51)24-22-20-18-16-14-12-10-2)34-59-32-31-39(49)47-36-27-25-35(26-28-36)43(53)48-38(44(54)58-46(6,7)8)29-30-42(52)57-45(3,4)5/h25-28,37-38H,9-24,29-34H2,1-8H3,(H,47,49)(H,48,53)/t37?,38-/m0/s1. The minimum Gasteiger partial charge on any atom is -0.462 e. The predicted octanol–water partition coefficient (Wildman–Crippen LogP) is 10.0. The molecule has 0 aromatic heterocycles. The van der Waals surface area contributed by atoms with Crippen LogP contribution in [0.4, 0.5) is 5.69 Å². The molecule has 12 nitrogen and oxygen atoms in total. The van der Waals surface area contributed by atoms with Gasteiger partial charge in [-0.2, -0.15) is 11.8 Å². The molecule has 1 aromatic carbocycles. The van der Waals surface area contributed by atoms with Crippen LogP contribution in [0.1, 0.15) is 188 Å². The Balaban J connectivity index is 2.68. The molecule has 0 fully saturated rings. The van der Waals surface area contributed by atoms with E-state index in [0.29, 0.717) is 30.0 Å². The number of amides is 2. The van der Waals surface area contributed by atoms with E-state index in [-0.39, 0.29) is 49.3 Å². The summed E-state index contributed by atoms with van der Waals surface area (Å²) in [5, 5.41) is 5.50. The fourth-order valence-electron chi connectivity index (χ4n) is 5.90. The highest BCUT2D eigenvalue weighted by Crippen LogP contribution is 2.17. The van der Waals surface area contributed by atoms with E-state index >= 15 is 0 Å². The lowest BCUT2D eigenvalue weighted by molar-refractivity contribution is -0.158. The summed E-state index contributed by atoms with van der Waals surface area (Å²) in [7, 11) is 0. The van der Waals surface area contributed by atoms with Gasteiger partial charge < -0.3 is 29.6 Å². The minimum absolute atomic E-state index is 0.00535. The van der Waals surface area contributed by atoms with Crippen molar-refractivity contribution in [2.75, 3.05) is 23.4 Å². The zero-order chi connectivity index (χ0) is 44.1. The van der Waals surface area contributed by atoms with Crippen molar-refractivity contribution in [3.8, 4) is 0 Å². The van der Waals surface area contributed by atoms with Crippen molar-refractivity contribution >= 4 is 53.1 Å². The third-order valence-electron chi connectivity index (χ3n) is 8.96. The molecule has 0 bridgehead atoms. The van der Waals surface area contributed by atoms with Gasteiger partial charge in [-0.15, -0.1) is 0 Å². The average molecular weight is 849 g/mol. The van der Waals surface area contributed by atoms with Gasteiger partial charge in [-0.3, -0.25) is 24.0 Å². The molecule has 0 saturated carbocycles. The molecule has 336 valence electrons. The largest absolute Gasteiger partial charge is 0.462 e. The Bertz CT molecular complexity index is 1390. The van der Waals surface area contributed by atoms with E-state index in [1.807, 2.05) is 0 Å². The lowest BCUT2D eigenvalue weighted by atomic mass is 10.1. The molecular weight excluding hydrogens is 773 g/mol. The molecule has 0 radical (unpaired) electrons. The number of ether oxygens (including phenoxy) is 4. The van der Waals surface area contributed by atoms with Gasteiger partial charge in [0.2, 0.25) is 5.91 Å². The summed E-state index contributed by atoms with van der Waals surface area (Å²) in [6, 6.07) is 5.15. The van der Waals surface area contributed by atoms with Crippen molar-refractivity contribution in [3.05, 3.63) is 29.8 Å². The van der Waals surface area contributed by atoms with Gasteiger partial charge in [0.15, 0.2) is 0 Å². The van der Waals surface area contributed by atoms with Crippen LogP contribution in [-0.2, 0) is 42.9 Å². The first-order valence-electron chi connectivity index (χ1n) is 22.0. The van der Waals surface area contributed by atoms with Crippen molar-refractivity contribution in [2.24, 2.45) is 0 Å². The van der Waals surface area contributed by atoms with Gasteiger partial charge in [-0.25, -0.2) is 4.79 Å².